The first-order valence-corrected chi connectivity index (χ1v) is 9.39. The summed E-state index contributed by atoms with van der Waals surface area (Å²) in [6, 6.07) is 7.09. The maximum atomic E-state index is 12.1. The van der Waals surface area contributed by atoms with E-state index in [4.69, 9.17) is 4.74 Å². The summed E-state index contributed by atoms with van der Waals surface area (Å²) in [6.45, 7) is 1.06. The van der Waals surface area contributed by atoms with Gasteiger partial charge in [0.25, 0.3) is 0 Å². The van der Waals surface area contributed by atoms with Crippen LogP contribution in [0.4, 0.5) is 0 Å². The van der Waals surface area contributed by atoms with Gasteiger partial charge in [0.15, 0.2) is 0 Å². The fraction of sp³-hybridized carbons (Fsp3) is 0.500. The van der Waals surface area contributed by atoms with Crippen LogP contribution in [0.2, 0.25) is 0 Å². The van der Waals surface area contributed by atoms with E-state index in [1.165, 1.54) is 0 Å². The van der Waals surface area contributed by atoms with E-state index in [1.54, 1.807) is 11.3 Å². The summed E-state index contributed by atoms with van der Waals surface area (Å²) in [4.78, 5) is 28.1. The van der Waals surface area contributed by atoms with Crippen LogP contribution < -0.4 is 5.32 Å². The minimum Gasteiger partial charge on any atom is -0.480 e. The van der Waals surface area contributed by atoms with Gasteiger partial charge in [0.1, 0.15) is 6.04 Å². The lowest BCUT2D eigenvalue weighted by molar-refractivity contribution is -0.145. The van der Waals surface area contributed by atoms with Gasteiger partial charge < -0.3 is 15.2 Å². The number of carbonyl (C=O) groups is 2. The highest BCUT2D eigenvalue weighted by Gasteiger charge is 2.31. The third-order valence-corrected chi connectivity index (χ3v) is 5.48. The number of carboxylic acids is 1. The van der Waals surface area contributed by atoms with Crippen LogP contribution in [-0.2, 0) is 20.7 Å². The molecule has 6 nitrogen and oxygen atoms in total. The highest BCUT2D eigenvalue weighted by Crippen LogP contribution is 2.23. The summed E-state index contributed by atoms with van der Waals surface area (Å²) in [5.41, 5.74) is 0.982. The average Bonchev–Trinajstić information content (AvgIpc) is 3.03. The Kier molecular flexibility index (Phi) is 5.99. The number of nitrogens with one attached hydrogen (secondary N) is 1. The molecule has 2 N–H and O–H groups in total. The van der Waals surface area contributed by atoms with Crippen LogP contribution in [0.5, 0.6) is 0 Å². The van der Waals surface area contributed by atoms with E-state index in [0.29, 0.717) is 26.1 Å². The molecule has 1 saturated heterocycles. The normalized spacial score (nSPS) is 18.8. The number of hydrogen-bond acceptors (Lipinski definition) is 5. The summed E-state index contributed by atoms with van der Waals surface area (Å²) >= 11 is 1.64. The van der Waals surface area contributed by atoms with Gasteiger partial charge in [0.2, 0.25) is 5.91 Å². The predicted molar refractivity (Wildman–Crippen MR) is 95.7 cm³/mol. The van der Waals surface area contributed by atoms with Crippen LogP contribution in [0.25, 0.3) is 10.2 Å². The van der Waals surface area contributed by atoms with Crippen molar-refractivity contribution in [1.29, 1.82) is 0 Å². The topological polar surface area (TPSA) is 88.5 Å². The van der Waals surface area contributed by atoms with Crippen LogP contribution in [-0.4, -0.2) is 41.2 Å². The Morgan fingerprint density at radius 3 is 2.96 bits per heavy atom. The molecular weight excluding hydrogens is 340 g/mol. The number of carboxylic acid groups (broad SMARTS) is 1. The molecular formula is C18H22N2O4S. The molecule has 1 amide bonds. The number of nitrogens with zero attached hydrogens (tertiary/aromatic N) is 1. The Morgan fingerprint density at radius 1 is 1.40 bits per heavy atom. The third-order valence-electron chi connectivity index (χ3n) is 4.38. The number of aryl methyl sites for hydroxylation is 1. The smallest absolute Gasteiger partial charge is 0.326 e. The molecule has 2 atom stereocenters. The number of rotatable bonds is 7. The van der Waals surface area contributed by atoms with Gasteiger partial charge in [-0.15, -0.1) is 11.3 Å². The summed E-state index contributed by atoms with van der Waals surface area (Å²) in [7, 11) is 0. The number of fused-ring (bicyclic) bond motifs is 1. The number of aliphatic carboxylic acids is 1. The van der Waals surface area contributed by atoms with E-state index >= 15 is 0 Å². The van der Waals surface area contributed by atoms with Crippen LogP contribution in [0.3, 0.4) is 0 Å². The monoisotopic (exact) mass is 362 g/mol. The van der Waals surface area contributed by atoms with Gasteiger partial charge in [-0.3, -0.25) is 4.79 Å². The molecule has 2 aromatic rings. The van der Waals surface area contributed by atoms with E-state index < -0.39 is 12.0 Å². The van der Waals surface area contributed by atoms with Gasteiger partial charge in [-0.1, -0.05) is 12.1 Å². The molecule has 0 spiro atoms. The lowest BCUT2D eigenvalue weighted by Gasteiger charge is -2.28. The standard InChI is InChI=1S/C18H22N2O4S/c21-15(20-17(18(22)23)12-5-4-10-24-11-12)8-3-9-16-19-13-6-1-2-7-14(13)25-16/h1-2,6-7,12,17H,3-5,8-11H2,(H,20,21)(H,22,23). The van der Waals surface area contributed by atoms with Crippen molar-refractivity contribution in [2.75, 3.05) is 13.2 Å². The molecule has 1 aromatic heterocycles. The van der Waals surface area contributed by atoms with E-state index in [0.717, 1.165) is 34.5 Å². The molecule has 1 aliphatic heterocycles. The zero-order chi connectivity index (χ0) is 17.6. The van der Waals surface area contributed by atoms with Gasteiger partial charge in [0, 0.05) is 18.9 Å². The average molecular weight is 362 g/mol. The van der Waals surface area contributed by atoms with Gasteiger partial charge in [-0.25, -0.2) is 9.78 Å². The predicted octanol–water partition coefficient (Wildman–Crippen LogP) is 2.62. The lowest BCUT2D eigenvalue weighted by atomic mass is 9.93. The quantitative estimate of drug-likeness (QED) is 0.790. The first-order valence-electron chi connectivity index (χ1n) is 8.58. The highest BCUT2D eigenvalue weighted by molar-refractivity contribution is 7.18. The first kappa shape index (κ1) is 17.8. The third kappa shape index (κ3) is 4.76. The molecule has 25 heavy (non-hydrogen) atoms. The minimum absolute atomic E-state index is 0.153. The molecule has 1 aliphatic rings. The molecule has 7 heteroatoms. The van der Waals surface area contributed by atoms with Gasteiger partial charge in [-0.05, 0) is 37.8 Å². The molecule has 3 rings (SSSR count). The molecule has 1 aromatic carbocycles. The van der Waals surface area contributed by atoms with Crippen molar-refractivity contribution in [3.63, 3.8) is 0 Å². The van der Waals surface area contributed by atoms with Crippen molar-refractivity contribution in [3.05, 3.63) is 29.3 Å². The number of amides is 1. The van der Waals surface area contributed by atoms with Crippen LogP contribution in [0.1, 0.15) is 30.7 Å². The van der Waals surface area contributed by atoms with Gasteiger partial charge >= 0.3 is 5.97 Å². The fourth-order valence-electron chi connectivity index (χ4n) is 3.08. The zero-order valence-electron chi connectivity index (χ0n) is 13.9. The first-order chi connectivity index (χ1) is 12.1. The molecule has 1 fully saturated rings. The Morgan fingerprint density at radius 2 is 2.24 bits per heavy atom. The number of thiazole rings is 1. The molecule has 0 bridgehead atoms. The Hall–Kier alpha value is -1.99. The van der Waals surface area contributed by atoms with E-state index in [2.05, 4.69) is 10.3 Å². The van der Waals surface area contributed by atoms with Crippen molar-refractivity contribution in [3.8, 4) is 0 Å². The summed E-state index contributed by atoms with van der Waals surface area (Å²) in [5.74, 6) is -1.37. The lowest BCUT2D eigenvalue weighted by Crippen LogP contribution is -2.48. The number of hydrogen-bond donors (Lipinski definition) is 2. The van der Waals surface area contributed by atoms with Crippen molar-refractivity contribution in [1.82, 2.24) is 10.3 Å². The second-order valence-corrected chi connectivity index (χ2v) is 7.40. The van der Waals surface area contributed by atoms with Gasteiger partial charge in [0.05, 0.1) is 21.8 Å². The molecule has 0 saturated carbocycles. The fourth-order valence-corrected chi connectivity index (χ4v) is 4.09. The second kappa shape index (κ2) is 8.40. The summed E-state index contributed by atoms with van der Waals surface area (Å²) < 4.78 is 6.48. The number of ether oxygens (including phenoxy) is 1. The maximum Gasteiger partial charge on any atom is 0.326 e. The Labute approximate surface area is 150 Å². The van der Waals surface area contributed by atoms with Crippen molar-refractivity contribution in [2.45, 2.75) is 38.1 Å². The summed E-state index contributed by atoms with van der Waals surface area (Å²) in [5, 5.41) is 13.0. The number of carbonyl (C=O) groups excluding carboxylic acids is 1. The Balaban J connectivity index is 1.48. The zero-order valence-corrected chi connectivity index (χ0v) is 14.8. The maximum absolute atomic E-state index is 12.1. The number of benzene rings is 1. The SMILES string of the molecule is O=C(CCCc1nc2ccccc2s1)NC(C(=O)O)C1CCCOC1. The molecule has 0 aliphatic carbocycles. The van der Waals surface area contributed by atoms with Crippen molar-refractivity contribution < 1.29 is 19.4 Å². The molecule has 2 unspecified atom stereocenters. The Bertz CT molecular complexity index is 707. The van der Waals surface area contributed by atoms with Gasteiger partial charge in [-0.2, -0.15) is 0 Å². The largest absolute Gasteiger partial charge is 0.480 e. The van der Waals surface area contributed by atoms with Crippen molar-refractivity contribution >= 4 is 33.4 Å². The number of aromatic nitrogens is 1. The van der Waals surface area contributed by atoms with Crippen LogP contribution in [0, 0.1) is 5.92 Å². The molecule has 0 radical (unpaired) electrons. The summed E-state index contributed by atoms with van der Waals surface area (Å²) in [6.07, 6.45) is 3.27. The van der Waals surface area contributed by atoms with E-state index in [9.17, 15) is 14.7 Å². The highest BCUT2D eigenvalue weighted by atomic mass is 32.1. The van der Waals surface area contributed by atoms with Crippen LogP contribution >= 0.6 is 11.3 Å². The molecule has 134 valence electrons. The van der Waals surface area contributed by atoms with Crippen LogP contribution in [0.15, 0.2) is 24.3 Å². The van der Waals surface area contributed by atoms with Crippen molar-refractivity contribution in [2.24, 2.45) is 5.92 Å². The second-order valence-electron chi connectivity index (χ2n) is 6.29. The minimum atomic E-state index is -0.991. The molecule has 2 heterocycles. The number of para-hydroxylation sites is 1. The van der Waals surface area contributed by atoms with E-state index in [-0.39, 0.29) is 11.8 Å². The van der Waals surface area contributed by atoms with E-state index in [1.807, 2.05) is 24.3 Å².